The lowest BCUT2D eigenvalue weighted by Gasteiger charge is -2.57. The molecule has 0 N–H and O–H groups in total. The maximum Gasteiger partial charge on any atom is 0.123 e. The molecule has 2 bridgehead atoms. The van der Waals surface area contributed by atoms with Crippen molar-refractivity contribution in [3.8, 4) is 0 Å². The summed E-state index contributed by atoms with van der Waals surface area (Å²) < 4.78 is 0. The van der Waals surface area contributed by atoms with Crippen LogP contribution in [0.4, 0.5) is 0 Å². The fourth-order valence-corrected chi connectivity index (χ4v) is 3.56. The number of hydrogen-bond donors (Lipinski definition) is 0. The minimum atomic E-state index is 0.240. The summed E-state index contributed by atoms with van der Waals surface area (Å²) in [6.45, 7) is 9.23. The van der Waals surface area contributed by atoms with Gasteiger partial charge < -0.3 is 4.79 Å². The van der Waals surface area contributed by atoms with E-state index in [-0.39, 0.29) is 16.7 Å². The topological polar surface area (TPSA) is 17.1 Å². The summed E-state index contributed by atoms with van der Waals surface area (Å²) >= 11 is 0. The Balaban J connectivity index is 2.46. The third-order valence-corrected chi connectivity index (χ3v) is 4.96. The van der Waals surface area contributed by atoms with E-state index in [1.54, 1.807) is 0 Å². The van der Waals surface area contributed by atoms with Crippen LogP contribution in [0.1, 0.15) is 34.1 Å². The van der Waals surface area contributed by atoms with Crippen molar-refractivity contribution in [3.63, 3.8) is 0 Å². The number of aldehydes is 1. The van der Waals surface area contributed by atoms with E-state index in [9.17, 15) is 4.79 Å². The third kappa shape index (κ3) is 1.04. The second-order valence-electron chi connectivity index (χ2n) is 5.94. The molecule has 1 fully saturated rings. The molecule has 0 aliphatic heterocycles. The Hall–Kier alpha value is -0.590. The van der Waals surface area contributed by atoms with E-state index in [0.29, 0.717) is 11.8 Å². The standard InChI is InChI=1S/C13H20O/c1-9-12(2,3)11-5-6-13(9,4)7-10(11)8-14/h5-6,8-11H,7H2,1-4H3. The molecule has 0 heterocycles. The lowest BCUT2D eigenvalue weighted by molar-refractivity contribution is -0.121. The maximum atomic E-state index is 11.1. The number of fused-ring (bicyclic) bond motifs is 2. The van der Waals surface area contributed by atoms with E-state index in [0.717, 1.165) is 6.42 Å². The van der Waals surface area contributed by atoms with Crippen LogP contribution in [0.3, 0.4) is 0 Å². The molecule has 3 aliphatic rings. The second kappa shape index (κ2) is 2.71. The van der Waals surface area contributed by atoms with Crippen molar-refractivity contribution < 1.29 is 4.79 Å². The van der Waals surface area contributed by atoms with E-state index >= 15 is 0 Å². The Morgan fingerprint density at radius 1 is 1.36 bits per heavy atom. The van der Waals surface area contributed by atoms with E-state index in [2.05, 4.69) is 39.8 Å². The van der Waals surface area contributed by atoms with Gasteiger partial charge in [-0.2, -0.15) is 0 Å². The summed E-state index contributed by atoms with van der Waals surface area (Å²) in [5.74, 6) is 1.37. The van der Waals surface area contributed by atoms with E-state index in [4.69, 9.17) is 0 Å². The Morgan fingerprint density at radius 3 is 2.50 bits per heavy atom. The Morgan fingerprint density at radius 2 is 2.00 bits per heavy atom. The van der Waals surface area contributed by atoms with Crippen LogP contribution in [0.15, 0.2) is 12.2 Å². The molecule has 0 aromatic carbocycles. The first-order chi connectivity index (χ1) is 6.42. The van der Waals surface area contributed by atoms with Crippen LogP contribution >= 0.6 is 0 Å². The molecule has 14 heavy (non-hydrogen) atoms. The lowest BCUT2D eigenvalue weighted by atomic mass is 9.46. The normalized spacial score (nSPS) is 49.3. The fourth-order valence-electron chi connectivity index (χ4n) is 3.56. The summed E-state index contributed by atoms with van der Waals surface area (Å²) in [7, 11) is 0. The molecule has 4 unspecified atom stereocenters. The van der Waals surface area contributed by atoms with Crippen molar-refractivity contribution in [1.82, 2.24) is 0 Å². The average molecular weight is 192 g/mol. The Kier molecular flexibility index (Phi) is 1.93. The predicted molar refractivity (Wildman–Crippen MR) is 57.9 cm³/mol. The van der Waals surface area contributed by atoms with Crippen molar-refractivity contribution in [1.29, 1.82) is 0 Å². The van der Waals surface area contributed by atoms with Gasteiger partial charge in [0.2, 0.25) is 0 Å². The van der Waals surface area contributed by atoms with Gasteiger partial charge in [0.1, 0.15) is 6.29 Å². The van der Waals surface area contributed by atoms with Crippen LogP contribution in [0.5, 0.6) is 0 Å². The van der Waals surface area contributed by atoms with E-state index in [1.165, 1.54) is 6.29 Å². The van der Waals surface area contributed by atoms with E-state index < -0.39 is 0 Å². The van der Waals surface area contributed by atoms with Crippen molar-refractivity contribution in [2.24, 2.45) is 28.6 Å². The van der Waals surface area contributed by atoms with Gasteiger partial charge in [0.15, 0.2) is 0 Å². The van der Waals surface area contributed by atoms with Gasteiger partial charge in [-0.3, -0.25) is 0 Å². The quantitative estimate of drug-likeness (QED) is 0.461. The summed E-state index contributed by atoms with van der Waals surface area (Å²) in [5.41, 5.74) is 0.511. The Bertz CT molecular complexity index is 290. The van der Waals surface area contributed by atoms with Crippen molar-refractivity contribution >= 4 is 6.29 Å². The molecule has 0 spiro atoms. The van der Waals surface area contributed by atoms with E-state index in [1.807, 2.05) is 0 Å². The Labute approximate surface area is 86.6 Å². The number of carbonyl (C=O) groups is 1. The SMILES string of the molecule is CC1C2(C)C=CC(C(C=O)C2)C1(C)C. The molecule has 3 aliphatic carbocycles. The van der Waals surface area contributed by atoms with Gasteiger partial charge >= 0.3 is 0 Å². The fraction of sp³-hybridized carbons (Fsp3) is 0.769. The van der Waals surface area contributed by atoms with Gasteiger partial charge in [0.05, 0.1) is 0 Å². The predicted octanol–water partition coefficient (Wildman–Crippen LogP) is 3.06. The van der Waals surface area contributed by atoms with Gasteiger partial charge in [-0.15, -0.1) is 0 Å². The largest absolute Gasteiger partial charge is 0.303 e. The first kappa shape index (κ1) is 9.95. The van der Waals surface area contributed by atoms with Crippen molar-refractivity contribution in [2.45, 2.75) is 34.1 Å². The molecular weight excluding hydrogens is 172 g/mol. The van der Waals surface area contributed by atoms with Crippen molar-refractivity contribution in [3.05, 3.63) is 12.2 Å². The molecule has 1 heteroatoms. The highest BCUT2D eigenvalue weighted by atomic mass is 16.1. The maximum absolute atomic E-state index is 11.1. The first-order valence-electron chi connectivity index (χ1n) is 5.56. The molecule has 0 radical (unpaired) electrons. The molecule has 1 nitrogen and oxygen atoms in total. The van der Waals surface area contributed by atoms with Crippen LogP contribution in [0, 0.1) is 28.6 Å². The molecule has 0 aromatic rings. The number of carbonyl (C=O) groups excluding carboxylic acids is 1. The van der Waals surface area contributed by atoms with Gasteiger partial charge in [-0.25, -0.2) is 0 Å². The monoisotopic (exact) mass is 192 g/mol. The lowest BCUT2D eigenvalue weighted by Crippen LogP contribution is -2.52. The third-order valence-electron chi connectivity index (χ3n) is 4.96. The second-order valence-corrected chi connectivity index (χ2v) is 5.94. The number of allylic oxidation sites excluding steroid dienone is 2. The molecule has 1 saturated carbocycles. The van der Waals surface area contributed by atoms with Gasteiger partial charge in [-0.05, 0) is 29.1 Å². The smallest absolute Gasteiger partial charge is 0.123 e. The van der Waals surface area contributed by atoms with Crippen LogP contribution in [-0.4, -0.2) is 6.29 Å². The minimum Gasteiger partial charge on any atom is -0.303 e. The molecule has 0 saturated heterocycles. The van der Waals surface area contributed by atoms with Crippen molar-refractivity contribution in [2.75, 3.05) is 0 Å². The molecule has 3 rings (SSSR count). The zero-order valence-corrected chi connectivity index (χ0v) is 9.58. The molecule has 4 atom stereocenters. The average Bonchev–Trinajstić information content (AvgIpc) is 2.13. The minimum absolute atomic E-state index is 0.240. The van der Waals surface area contributed by atoms with Gasteiger partial charge in [0.25, 0.3) is 0 Å². The van der Waals surface area contributed by atoms with Crippen LogP contribution in [0.25, 0.3) is 0 Å². The number of rotatable bonds is 1. The summed E-state index contributed by atoms with van der Waals surface area (Å²) in [6.07, 6.45) is 6.83. The highest BCUT2D eigenvalue weighted by Crippen LogP contribution is 2.60. The first-order valence-corrected chi connectivity index (χ1v) is 5.56. The highest BCUT2D eigenvalue weighted by molar-refractivity contribution is 5.56. The zero-order chi connectivity index (χ0) is 10.6. The summed E-state index contributed by atoms with van der Waals surface area (Å²) in [6, 6.07) is 0. The molecular formula is C13H20O. The molecule has 0 amide bonds. The zero-order valence-electron chi connectivity index (χ0n) is 9.58. The summed E-state index contributed by atoms with van der Waals surface area (Å²) in [4.78, 5) is 11.1. The number of hydrogen-bond acceptors (Lipinski definition) is 1. The highest BCUT2D eigenvalue weighted by Gasteiger charge is 2.54. The van der Waals surface area contributed by atoms with Gasteiger partial charge in [-0.1, -0.05) is 39.8 Å². The van der Waals surface area contributed by atoms with Crippen LogP contribution < -0.4 is 0 Å². The van der Waals surface area contributed by atoms with Gasteiger partial charge in [0, 0.05) is 5.92 Å². The van der Waals surface area contributed by atoms with Crippen LogP contribution in [0.2, 0.25) is 0 Å². The van der Waals surface area contributed by atoms with Crippen LogP contribution in [-0.2, 0) is 4.79 Å². The molecule has 0 aromatic heterocycles. The summed E-state index contributed by atoms with van der Waals surface area (Å²) in [5, 5.41) is 0. The molecule has 78 valence electrons.